The van der Waals surface area contributed by atoms with Crippen LogP contribution in [0.25, 0.3) is 10.9 Å². The summed E-state index contributed by atoms with van der Waals surface area (Å²) in [6, 6.07) is 3.00. The zero-order valence-corrected chi connectivity index (χ0v) is 7.11. The minimum Gasteiger partial charge on any atom is -0.282 e. The third-order valence-electron chi connectivity index (χ3n) is 1.81. The Morgan fingerprint density at radius 3 is 3.00 bits per heavy atom. The molecule has 0 atom stereocenters. The summed E-state index contributed by atoms with van der Waals surface area (Å²) >= 11 is 5.68. The quantitative estimate of drug-likeness (QED) is 0.670. The molecule has 0 aliphatic rings. The summed E-state index contributed by atoms with van der Waals surface area (Å²) in [5, 5.41) is 7.57. The van der Waals surface area contributed by atoms with Gasteiger partial charge in [0.25, 0.3) is 0 Å². The Morgan fingerprint density at radius 1 is 1.50 bits per heavy atom. The van der Waals surface area contributed by atoms with Crippen molar-refractivity contribution >= 4 is 22.5 Å². The lowest BCUT2D eigenvalue weighted by molar-refractivity contribution is 0.630. The van der Waals surface area contributed by atoms with Crippen LogP contribution < -0.4 is 0 Å². The lowest BCUT2D eigenvalue weighted by Gasteiger charge is -1.93. The van der Waals surface area contributed by atoms with Crippen LogP contribution >= 0.6 is 11.6 Å². The number of fused-ring (bicyclic) bond motifs is 1. The van der Waals surface area contributed by atoms with E-state index >= 15 is 0 Å². The fraction of sp³-hybridized carbons (Fsp3) is 0.125. The zero-order chi connectivity index (χ0) is 8.72. The van der Waals surface area contributed by atoms with E-state index in [1.807, 2.05) is 6.92 Å². The van der Waals surface area contributed by atoms with Gasteiger partial charge in [0.2, 0.25) is 0 Å². The average Bonchev–Trinajstić information content (AvgIpc) is 2.41. The van der Waals surface area contributed by atoms with Gasteiger partial charge in [-0.15, -0.1) is 0 Å². The molecule has 0 spiro atoms. The SMILES string of the molecule is Cc1[nH]nc2c(Cl)c(F)ccc12. The van der Waals surface area contributed by atoms with Crippen LogP contribution in [0.1, 0.15) is 5.69 Å². The van der Waals surface area contributed by atoms with Crippen LogP contribution in [0.4, 0.5) is 4.39 Å². The van der Waals surface area contributed by atoms with Crippen molar-refractivity contribution < 1.29 is 4.39 Å². The number of nitrogens with one attached hydrogen (secondary N) is 1. The Bertz CT molecular complexity index is 436. The Morgan fingerprint density at radius 2 is 2.25 bits per heavy atom. The molecule has 1 N–H and O–H groups in total. The van der Waals surface area contributed by atoms with Crippen molar-refractivity contribution in [1.29, 1.82) is 0 Å². The molecular weight excluding hydrogens is 179 g/mol. The third kappa shape index (κ3) is 0.898. The van der Waals surface area contributed by atoms with Gasteiger partial charge in [-0.05, 0) is 19.1 Å². The minimum atomic E-state index is -0.435. The van der Waals surface area contributed by atoms with Gasteiger partial charge in [-0.25, -0.2) is 4.39 Å². The van der Waals surface area contributed by atoms with Crippen LogP contribution in [0.15, 0.2) is 12.1 Å². The summed E-state index contributed by atoms with van der Waals surface area (Å²) in [6.45, 7) is 1.86. The highest BCUT2D eigenvalue weighted by molar-refractivity contribution is 6.35. The van der Waals surface area contributed by atoms with Crippen molar-refractivity contribution in [1.82, 2.24) is 10.2 Å². The molecule has 2 rings (SSSR count). The monoisotopic (exact) mass is 184 g/mol. The van der Waals surface area contributed by atoms with Gasteiger partial charge in [0.1, 0.15) is 16.4 Å². The van der Waals surface area contributed by atoms with E-state index in [0.29, 0.717) is 5.52 Å². The van der Waals surface area contributed by atoms with Crippen molar-refractivity contribution in [3.05, 3.63) is 28.7 Å². The molecule has 2 aromatic rings. The molecule has 12 heavy (non-hydrogen) atoms. The van der Waals surface area contributed by atoms with Crippen LogP contribution in [0, 0.1) is 12.7 Å². The highest BCUT2D eigenvalue weighted by Crippen LogP contribution is 2.25. The van der Waals surface area contributed by atoms with Gasteiger partial charge in [-0.1, -0.05) is 11.6 Å². The van der Waals surface area contributed by atoms with Gasteiger partial charge in [0.15, 0.2) is 0 Å². The molecule has 0 amide bonds. The van der Waals surface area contributed by atoms with Crippen LogP contribution in [0.3, 0.4) is 0 Å². The second-order valence-electron chi connectivity index (χ2n) is 2.61. The van der Waals surface area contributed by atoms with E-state index < -0.39 is 5.82 Å². The summed E-state index contributed by atoms with van der Waals surface area (Å²) in [7, 11) is 0. The first-order chi connectivity index (χ1) is 5.70. The van der Waals surface area contributed by atoms with Crippen molar-refractivity contribution in [2.75, 3.05) is 0 Å². The van der Waals surface area contributed by atoms with E-state index in [4.69, 9.17) is 11.6 Å². The van der Waals surface area contributed by atoms with Gasteiger partial charge in [0, 0.05) is 11.1 Å². The van der Waals surface area contributed by atoms with E-state index in [1.54, 1.807) is 6.07 Å². The zero-order valence-electron chi connectivity index (χ0n) is 6.36. The Hall–Kier alpha value is -1.09. The molecule has 4 heteroatoms. The molecule has 0 radical (unpaired) electrons. The van der Waals surface area contributed by atoms with Crippen molar-refractivity contribution in [2.45, 2.75) is 6.92 Å². The molecule has 0 bridgehead atoms. The number of benzene rings is 1. The predicted molar refractivity (Wildman–Crippen MR) is 45.8 cm³/mol. The van der Waals surface area contributed by atoms with Crippen LogP contribution in [-0.4, -0.2) is 10.2 Å². The summed E-state index contributed by atoms with van der Waals surface area (Å²) < 4.78 is 12.9. The van der Waals surface area contributed by atoms with Gasteiger partial charge in [0.05, 0.1) is 0 Å². The van der Waals surface area contributed by atoms with Crippen LogP contribution in [0.2, 0.25) is 5.02 Å². The molecular formula is C8H6ClFN2. The number of aromatic amines is 1. The smallest absolute Gasteiger partial charge is 0.144 e. The topological polar surface area (TPSA) is 28.7 Å². The maximum absolute atomic E-state index is 12.9. The van der Waals surface area contributed by atoms with E-state index in [2.05, 4.69) is 10.2 Å². The number of hydrogen-bond donors (Lipinski definition) is 1. The largest absolute Gasteiger partial charge is 0.282 e. The number of rotatable bonds is 0. The Kier molecular flexibility index (Phi) is 1.54. The Labute approximate surface area is 73.3 Å². The third-order valence-corrected chi connectivity index (χ3v) is 2.17. The van der Waals surface area contributed by atoms with E-state index in [-0.39, 0.29) is 5.02 Å². The standard InChI is InChI=1S/C8H6ClFN2/c1-4-5-2-3-6(10)7(9)8(5)12-11-4/h2-3H,1H3,(H,11,12). The average molecular weight is 185 g/mol. The van der Waals surface area contributed by atoms with Crippen molar-refractivity contribution in [3.63, 3.8) is 0 Å². The summed E-state index contributed by atoms with van der Waals surface area (Å²) in [6.07, 6.45) is 0. The minimum absolute atomic E-state index is 0.0804. The molecule has 0 unspecified atom stereocenters. The summed E-state index contributed by atoms with van der Waals surface area (Å²) in [5.41, 5.74) is 1.39. The molecule has 2 nitrogen and oxygen atoms in total. The van der Waals surface area contributed by atoms with Gasteiger partial charge < -0.3 is 0 Å². The molecule has 1 aromatic heterocycles. The molecule has 0 saturated heterocycles. The van der Waals surface area contributed by atoms with E-state index in [1.165, 1.54) is 6.07 Å². The highest BCUT2D eigenvalue weighted by atomic mass is 35.5. The maximum Gasteiger partial charge on any atom is 0.144 e. The fourth-order valence-electron chi connectivity index (χ4n) is 1.15. The van der Waals surface area contributed by atoms with Crippen molar-refractivity contribution in [2.24, 2.45) is 0 Å². The molecule has 1 aromatic carbocycles. The lowest BCUT2D eigenvalue weighted by Crippen LogP contribution is -1.77. The first-order valence-electron chi connectivity index (χ1n) is 3.49. The summed E-state index contributed by atoms with van der Waals surface area (Å²) in [4.78, 5) is 0. The molecule has 0 aliphatic carbocycles. The van der Waals surface area contributed by atoms with Crippen molar-refractivity contribution in [3.8, 4) is 0 Å². The predicted octanol–water partition coefficient (Wildman–Crippen LogP) is 2.66. The molecule has 0 aliphatic heterocycles. The number of aryl methyl sites for hydroxylation is 1. The van der Waals surface area contributed by atoms with Gasteiger partial charge in [-0.2, -0.15) is 5.10 Å². The normalized spacial score (nSPS) is 10.9. The van der Waals surface area contributed by atoms with Crippen LogP contribution in [-0.2, 0) is 0 Å². The number of hydrogen-bond acceptors (Lipinski definition) is 1. The van der Waals surface area contributed by atoms with Gasteiger partial charge in [-0.3, -0.25) is 5.10 Å². The van der Waals surface area contributed by atoms with E-state index in [0.717, 1.165) is 11.1 Å². The highest BCUT2D eigenvalue weighted by Gasteiger charge is 2.08. The molecule has 0 saturated carbocycles. The number of aromatic nitrogens is 2. The summed E-state index contributed by atoms with van der Waals surface area (Å²) in [5.74, 6) is -0.435. The fourth-order valence-corrected chi connectivity index (χ4v) is 1.36. The second kappa shape index (κ2) is 2.45. The molecule has 62 valence electrons. The first-order valence-corrected chi connectivity index (χ1v) is 3.86. The van der Waals surface area contributed by atoms with Gasteiger partial charge >= 0.3 is 0 Å². The maximum atomic E-state index is 12.9. The number of H-pyrrole nitrogens is 1. The van der Waals surface area contributed by atoms with Crippen LogP contribution in [0.5, 0.6) is 0 Å². The number of halogens is 2. The first kappa shape index (κ1) is 7.55. The lowest BCUT2D eigenvalue weighted by atomic mass is 10.2. The molecule has 1 heterocycles. The second-order valence-corrected chi connectivity index (χ2v) is 2.98. The Balaban J connectivity index is 2.93. The van der Waals surface area contributed by atoms with E-state index in [9.17, 15) is 4.39 Å². The number of nitrogens with zero attached hydrogens (tertiary/aromatic N) is 1. The molecule has 0 fully saturated rings.